The van der Waals surface area contributed by atoms with Gasteiger partial charge < -0.3 is 14.4 Å². The molecule has 0 aromatic heterocycles. The highest BCUT2D eigenvalue weighted by Crippen LogP contribution is 2.02. The summed E-state index contributed by atoms with van der Waals surface area (Å²) in [4.78, 5) is 47.7. The molecular formula is C15H18N2O6. The highest BCUT2D eigenvalue weighted by molar-refractivity contribution is 6.12. The first kappa shape index (κ1) is 17.0. The summed E-state index contributed by atoms with van der Waals surface area (Å²) in [6.07, 6.45) is 4.99. The van der Waals surface area contributed by atoms with Gasteiger partial charge in [-0.05, 0) is 6.08 Å². The standard InChI is InChI=1S/C15H18N2O6/c18-12-1-2-13(19)16(11-12)5-7-22-9-10-23-8-6-17-14(20)3-4-15(17)21/h1-4H,5-11H2. The van der Waals surface area contributed by atoms with Crippen LogP contribution >= 0.6 is 0 Å². The number of carbonyl (C=O) groups excluding carboxylic acids is 4. The number of nitrogens with zero attached hydrogens (tertiary/aromatic N) is 2. The molecule has 0 fully saturated rings. The van der Waals surface area contributed by atoms with Crippen LogP contribution in [0.15, 0.2) is 24.3 Å². The second-order valence-electron chi connectivity index (χ2n) is 4.95. The van der Waals surface area contributed by atoms with Crippen molar-refractivity contribution in [3.8, 4) is 0 Å². The maximum Gasteiger partial charge on any atom is 0.253 e. The van der Waals surface area contributed by atoms with Crippen molar-refractivity contribution in [2.75, 3.05) is 46.1 Å². The van der Waals surface area contributed by atoms with Gasteiger partial charge in [0.05, 0.1) is 39.5 Å². The van der Waals surface area contributed by atoms with E-state index < -0.39 is 0 Å². The second-order valence-corrected chi connectivity index (χ2v) is 4.95. The minimum absolute atomic E-state index is 0.0844. The van der Waals surface area contributed by atoms with Gasteiger partial charge in [0, 0.05) is 24.8 Å². The number of imide groups is 1. The lowest BCUT2D eigenvalue weighted by Crippen LogP contribution is -2.39. The minimum Gasteiger partial charge on any atom is -0.377 e. The van der Waals surface area contributed by atoms with E-state index in [0.29, 0.717) is 26.4 Å². The molecule has 0 aromatic carbocycles. The zero-order valence-corrected chi connectivity index (χ0v) is 12.6. The van der Waals surface area contributed by atoms with Gasteiger partial charge in [-0.2, -0.15) is 0 Å². The maximum absolute atomic E-state index is 11.5. The maximum atomic E-state index is 11.5. The van der Waals surface area contributed by atoms with E-state index in [1.165, 1.54) is 29.2 Å². The monoisotopic (exact) mass is 322 g/mol. The van der Waals surface area contributed by atoms with E-state index in [9.17, 15) is 19.2 Å². The quantitative estimate of drug-likeness (QED) is 0.396. The Hall–Kier alpha value is -2.32. The lowest BCUT2D eigenvalue weighted by Gasteiger charge is -2.22. The Morgan fingerprint density at radius 3 is 1.96 bits per heavy atom. The van der Waals surface area contributed by atoms with Crippen molar-refractivity contribution in [1.82, 2.24) is 9.80 Å². The third-order valence-corrected chi connectivity index (χ3v) is 3.31. The summed E-state index contributed by atoms with van der Waals surface area (Å²) < 4.78 is 10.6. The largest absolute Gasteiger partial charge is 0.377 e. The molecule has 2 rings (SSSR count). The third kappa shape index (κ3) is 5.11. The predicted molar refractivity (Wildman–Crippen MR) is 78.2 cm³/mol. The molecule has 2 heterocycles. The fourth-order valence-corrected chi connectivity index (χ4v) is 2.08. The molecule has 124 valence electrons. The first-order valence-electron chi connectivity index (χ1n) is 7.27. The van der Waals surface area contributed by atoms with Crippen molar-refractivity contribution >= 4 is 23.5 Å². The normalized spacial score (nSPS) is 17.7. The predicted octanol–water partition coefficient (Wildman–Crippen LogP) is -1.09. The first-order valence-corrected chi connectivity index (χ1v) is 7.27. The molecule has 0 saturated carbocycles. The van der Waals surface area contributed by atoms with Crippen LogP contribution in [0.4, 0.5) is 0 Å². The number of rotatable bonds is 9. The molecule has 0 unspecified atom stereocenters. The lowest BCUT2D eigenvalue weighted by atomic mass is 10.2. The van der Waals surface area contributed by atoms with Gasteiger partial charge in [-0.15, -0.1) is 0 Å². The summed E-state index contributed by atoms with van der Waals surface area (Å²) in [5, 5.41) is 0. The molecule has 0 aromatic rings. The van der Waals surface area contributed by atoms with E-state index in [-0.39, 0.29) is 43.2 Å². The number of hydrogen-bond donors (Lipinski definition) is 0. The van der Waals surface area contributed by atoms with Crippen LogP contribution in [0.25, 0.3) is 0 Å². The molecule has 0 atom stereocenters. The zero-order chi connectivity index (χ0) is 16.7. The van der Waals surface area contributed by atoms with E-state index in [1.54, 1.807) is 0 Å². The molecule has 8 heteroatoms. The van der Waals surface area contributed by atoms with Crippen LogP contribution in [0.2, 0.25) is 0 Å². The van der Waals surface area contributed by atoms with Gasteiger partial charge in [0.15, 0.2) is 5.78 Å². The molecular weight excluding hydrogens is 304 g/mol. The van der Waals surface area contributed by atoms with Crippen molar-refractivity contribution in [3.63, 3.8) is 0 Å². The Morgan fingerprint density at radius 1 is 0.739 bits per heavy atom. The Bertz CT molecular complexity index is 536. The van der Waals surface area contributed by atoms with Gasteiger partial charge in [0.25, 0.3) is 11.8 Å². The van der Waals surface area contributed by atoms with Gasteiger partial charge in [-0.3, -0.25) is 24.1 Å². The third-order valence-electron chi connectivity index (χ3n) is 3.31. The fraction of sp³-hybridized carbons (Fsp3) is 0.467. The van der Waals surface area contributed by atoms with Crippen molar-refractivity contribution in [2.24, 2.45) is 0 Å². The van der Waals surface area contributed by atoms with Crippen LogP contribution in [0, 0.1) is 0 Å². The zero-order valence-electron chi connectivity index (χ0n) is 12.6. The average molecular weight is 322 g/mol. The summed E-state index contributed by atoms with van der Waals surface area (Å²) in [5.74, 6) is -0.958. The Morgan fingerprint density at radius 2 is 1.30 bits per heavy atom. The smallest absolute Gasteiger partial charge is 0.253 e. The molecule has 23 heavy (non-hydrogen) atoms. The van der Waals surface area contributed by atoms with Crippen LogP contribution in [0.5, 0.6) is 0 Å². The first-order chi connectivity index (χ1) is 11.1. The molecule has 2 aliphatic heterocycles. The van der Waals surface area contributed by atoms with E-state index in [2.05, 4.69) is 0 Å². The van der Waals surface area contributed by atoms with Crippen LogP contribution in [0.3, 0.4) is 0 Å². The molecule has 3 amide bonds. The summed E-state index contributed by atoms with van der Waals surface area (Å²) in [5.41, 5.74) is 0. The van der Waals surface area contributed by atoms with Gasteiger partial charge >= 0.3 is 0 Å². The van der Waals surface area contributed by atoms with Crippen molar-refractivity contribution in [3.05, 3.63) is 24.3 Å². The van der Waals surface area contributed by atoms with Crippen molar-refractivity contribution < 1.29 is 28.7 Å². The Kier molecular flexibility index (Phi) is 6.19. The average Bonchev–Trinajstić information content (AvgIpc) is 2.84. The molecule has 0 spiro atoms. The highest BCUT2D eigenvalue weighted by Gasteiger charge is 2.22. The molecule has 8 nitrogen and oxygen atoms in total. The van der Waals surface area contributed by atoms with Gasteiger partial charge in [0.1, 0.15) is 0 Å². The second kappa shape index (κ2) is 8.35. The molecule has 0 aliphatic carbocycles. The Labute approximate surface area is 133 Å². The Balaban J connectivity index is 1.48. The molecule has 2 aliphatic rings. The number of carbonyl (C=O) groups is 4. The summed E-state index contributed by atoms with van der Waals surface area (Å²) in [6.45, 7) is 1.83. The number of ether oxygens (including phenoxy) is 2. The van der Waals surface area contributed by atoms with E-state index in [4.69, 9.17) is 9.47 Å². The molecule has 0 radical (unpaired) electrons. The minimum atomic E-state index is -0.329. The SMILES string of the molecule is O=C1C=CC(=O)N(CCOCCOCCN2C(=O)C=CC2=O)C1. The number of ketones is 1. The van der Waals surface area contributed by atoms with Crippen LogP contribution in [0.1, 0.15) is 0 Å². The van der Waals surface area contributed by atoms with Crippen molar-refractivity contribution in [1.29, 1.82) is 0 Å². The van der Waals surface area contributed by atoms with Gasteiger partial charge in [-0.25, -0.2) is 0 Å². The lowest BCUT2D eigenvalue weighted by molar-refractivity contribution is -0.137. The number of amides is 3. The van der Waals surface area contributed by atoms with E-state index in [0.717, 1.165) is 4.90 Å². The van der Waals surface area contributed by atoms with Crippen LogP contribution in [-0.4, -0.2) is 79.4 Å². The molecule has 0 bridgehead atoms. The summed E-state index contributed by atoms with van der Waals surface area (Å²) in [7, 11) is 0. The van der Waals surface area contributed by atoms with Gasteiger partial charge in [0.2, 0.25) is 5.91 Å². The van der Waals surface area contributed by atoms with Crippen LogP contribution in [-0.2, 0) is 28.7 Å². The summed E-state index contributed by atoms with van der Waals surface area (Å²) in [6, 6.07) is 0. The van der Waals surface area contributed by atoms with E-state index in [1.807, 2.05) is 0 Å². The number of hydrogen-bond acceptors (Lipinski definition) is 6. The summed E-state index contributed by atoms with van der Waals surface area (Å²) >= 11 is 0. The fourth-order valence-electron chi connectivity index (χ4n) is 2.08. The van der Waals surface area contributed by atoms with Crippen LogP contribution < -0.4 is 0 Å². The molecule has 0 saturated heterocycles. The topological polar surface area (TPSA) is 93.2 Å². The van der Waals surface area contributed by atoms with E-state index >= 15 is 0 Å². The van der Waals surface area contributed by atoms with Crippen molar-refractivity contribution in [2.45, 2.75) is 0 Å². The van der Waals surface area contributed by atoms with Gasteiger partial charge in [-0.1, -0.05) is 0 Å². The molecule has 0 N–H and O–H groups in total. The highest BCUT2D eigenvalue weighted by atomic mass is 16.5.